The summed E-state index contributed by atoms with van der Waals surface area (Å²) in [4.78, 5) is 2.42. The zero-order chi connectivity index (χ0) is 14.5. The van der Waals surface area contributed by atoms with Crippen LogP contribution < -0.4 is 10.1 Å². The molecule has 1 saturated heterocycles. The number of methoxy groups -OCH3 is 1. The van der Waals surface area contributed by atoms with Gasteiger partial charge in [-0.3, -0.25) is 4.90 Å². The minimum Gasteiger partial charge on any atom is -0.496 e. The maximum atomic E-state index is 13.4. The summed E-state index contributed by atoms with van der Waals surface area (Å²) in [6.07, 6.45) is 0.863. The van der Waals surface area contributed by atoms with Gasteiger partial charge in [-0.15, -0.1) is 6.58 Å². The summed E-state index contributed by atoms with van der Waals surface area (Å²) in [5.41, 5.74) is 2.17. The average molecular weight is 278 g/mol. The minimum absolute atomic E-state index is 0.199. The van der Waals surface area contributed by atoms with Crippen LogP contribution in [0.5, 0.6) is 5.75 Å². The second-order valence-electron chi connectivity index (χ2n) is 5.35. The van der Waals surface area contributed by atoms with Crippen molar-refractivity contribution < 1.29 is 9.13 Å². The molecule has 3 nitrogen and oxygen atoms in total. The highest BCUT2D eigenvalue weighted by atomic mass is 19.1. The van der Waals surface area contributed by atoms with E-state index in [4.69, 9.17) is 4.74 Å². The third kappa shape index (κ3) is 3.58. The van der Waals surface area contributed by atoms with Crippen LogP contribution in [0, 0.1) is 5.82 Å². The third-order valence-electron chi connectivity index (χ3n) is 3.69. The first-order valence-corrected chi connectivity index (χ1v) is 7.04. The van der Waals surface area contributed by atoms with E-state index in [1.54, 1.807) is 7.11 Å². The van der Waals surface area contributed by atoms with Crippen LogP contribution in [0.15, 0.2) is 30.4 Å². The van der Waals surface area contributed by atoms with Gasteiger partial charge in [-0.05, 0) is 19.4 Å². The van der Waals surface area contributed by atoms with Crippen LogP contribution in [-0.2, 0) is 0 Å². The summed E-state index contributed by atoms with van der Waals surface area (Å²) in [7, 11) is 1.59. The molecule has 1 aliphatic rings. The lowest BCUT2D eigenvalue weighted by Gasteiger charge is -2.36. The van der Waals surface area contributed by atoms with Crippen molar-refractivity contribution in [2.75, 3.05) is 33.3 Å². The van der Waals surface area contributed by atoms with Gasteiger partial charge in [0.15, 0.2) is 0 Å². The van der Waals surface area contributed by atoms with Crippen LogP contribution in [0.2, 0.25) is 0 Å². The maximum Gasteiger partial charge on any atom is 0.126 e. The molecule has 4 heteroatoms. The first-order valence-electron chi connectivity index (χ1n) is 7.04. The van der Waals surface area contributed by atoms with Crippen molar-refractivity contribution in [3.8, 4) is 5.75 Å². The van der Waals surface area contributed by atoms with Gasteiger partial charge in [0.05, 0.1) is 7.11 Å². The largest absolute Gasteiger partial charge is 0.496 e. The lowest BCUT2D eigenvalue weighted by Crippen LogP contribution is -2.45. The van der Waals surface area contributed by atoms with Crippen LogP contribution in [0.4, 0.5) is 4.39 Å². The molecule has 0 unspecified atom stereocenters. The van der Waals surface area contributed by atoms with Gasteiger partial charge >= 0.3 is 0 Å². The van der Waals surface area contributed by atoms with Gasteiger partial charge in [-0.2, -0.15) is 0 Å². The highest BCUT2D eigenvalue weighted by Crippen LogP contribution is 2.34. The zero-order valence-corrected chi connectivity index (χ0v) is 12.3. The maximum absolute atomic E-state index is 13.4. The van der Waals surface area contributed by atoms with Crippen molar-refractivity contribution in [2.24, 2.45) is 0 Å². The van der Waals surface area contributed by atoms with E-state index >= 15 is 0 Å². The summed E-state index contributed by atoms with van der Waals surface area (Å²) >= 11 is 0. The molecule has 20 heavy (non-hydrogen) atoms. The van der Waals surface area contributed by atoms with Crippen LogP contribution in [0.3, 0.4) is 0 Å². The predicted octanol–water partition coefficient (Wildman–Crippen LogP) is 2.75. The van der Waals surface area contributed by atoms with E-state index in [2.05, 4.69) is 16.8 Å². The quantitative estimate of drug-likeness (QED) is 0.838. The van der Waals surface area contributed by atoms with Crippen LogP contribution in [0.1, 0.15) is 24.9 Å². The monoisotopic (exact) mass is 278 g/mol. The van der Waals surface area contributed by atoms with Gasteiger partial charge in [0.2, 0.25) is 0 Å². The first kappa shape index (κ1) is 15.0. The molecular formula is C16H23FN2O. The van der Waals surface area contributed by atoms with E-state index in [-0.39, 0.29) is 11.9 Å². The highest BCUT2D eigenvalue weighted by Gasteiger charge is 2.25. The van der Waals surface area contributed by atoms with Crippen molar-refractivity contribution in [1.29, 1.82) is 0 Å². The molecule has 0 radical (unpaired) electrons. The Morgan fingerprint density at radius 3 is 2.75 bits per heavy atom. The Balaban J connectivity index is 2.31. The van der Waals surface area contributed by atoms with Crippen LogP contribution in [0.25, 0.3) is 0 Å². The number of piperazine rings is 1. The van der Waals surface area contributed by atoms with Gasteiger partial charge in [0.1, 0.15) is 11.6 Å². The molecule has 0 spiro atoms. The Morgan fingerprint density at radius 1 is 1.45 bits per heavy atom. The van der Waals surface area contributed by atoms with E-state index in [9.17, 15) is 4.39 Å². The summed E-state index contributed by atoms with van der Waals surface area (Å²) in [6, 6.07) is 5.00. The summed E-state index contributed by atoms with van der Waals surface area (Å²) in [6.45, 7) is 10.00. The second kappa shape index (κ2) is 6.86. The van der Waals surface area contributed by atoms with E-state index in [0.29, 0.717) is 5.75 Å². The average Bonchev–Trinajstić information content (AvgIpc) is 2.45. The van der Waals surface area contributed by atoms with E-state index in [1.807, 2.05) is 13.0 Å². The molecule has 1 atom stereocenters. The molecule has 1 heterocycles. The SMILES string of the molecule is C=C(C)C[C@@H](c1ccc(F)cc1OC)N1CCNCC1. The van der Waals surface area contributed by atoms with Crippen molar-refractivity contribution in [2.45, 2.75) is 19.4 Å². The van der Waals surface area contributed by atoms with Crippen molar-refractivity contribution in [3.05, 3.63) is 41.7 Å². The number of halogens is 1. The van der Waals surface area contributed by atoms with E-state index < -0.39 is 0 Å². The number of hydrogen-bond donors (Lipinski definition) is 1. The highest BCUT2D eigenvalue weighted by molar-refractivity contribution is 5.37. The van der Waals surface area contributed by atoms with Crippen LogP contribution >= 0.6 is 0 Å². The molecule has 2 rings (SSSR count). The van der Waals surface area contributed by atoms with E-state index in [0.717, 1.165) is 43.7 Å². The Hall–Kier alpha value is -1.39. The molecule has 0 aromatic heterocycles. The lowest BCUT2D eigenvalue weighted by molar-refractivity contribution is 0.169. The van der Waals surface area contributed by atoms with Crippen LogP contribution in [-0.4, -0.2) is 38.2 Å². The van der Waals surface area contributed by atoms with Gasteiger partial charge in [-0.1, -0.05) is 11.6 Å². The fraction of sp³-hybridized carbons (Fsp3) is 0.500. The van der Waals surface area contributed by atoms with Crippen molar-refractivity contribution >= 4 is 0 Å². The minimum atomic E-state index is -0.264. The second-order valence-corrected chi connectivity index (χ2v) is 5.35. The number of nitrogens with zero attached hydrogens (tertiary/aromatic N) is 1. The number of benzene rings is 1. The molecule has 0 saturated carbocycles. The van der Waals surface area contributed by atoms with E-state index in [1.165, 1.54) is 12.1 Å². The molecule has 1 N–H and O–H groups in total. The fourth-order valence-corrected chi connectivity index (χ4v) is 2.72. The number of hydrogen-bond acceptors (Lipinski definition) is 3. The normalized spacial score (nSPS) is 17.8. The van der Waals surface area contributed by atoms with Crippen molar-refractivity contribution in [3.63, 3.8) is 0 Å². The van der Waals surface area contributed by atoms with Gasteiger partial charge in [-0.25, -0.2) is 4.39 Å². The zero-order valence-electron chi connectivity index (χ0n) is 12.3. The summed E-state index contributed by atoms with van der Waals surface area (Å²) in [5.74, 6) is 0.356. The predicted molar refractivity (Wildman–Crippen MR) is 79.6 cm³/mol. The fourth-order valence-electron chi connectivity index (χ4n) is 2.72. The molecular weight excluding hydrogens is 255 g/mol. The molecule has 1 aromatic rings. The first-order chi connectivity index (χ1) is 9.61. The molecule has 1 aromatic carbocycles. The standard InChI is InChI=1S/C16H23FN2O/c1-12(2)10-15(19-8-6-18-7-9-19)14-5-4-13(17)11-16(14)20-3/h4-5,11,15,18H,1,6-10H2,2-3H3/t15-/m0/s1. The Kier molecular flexibility index (Phi) is 5.15. The van der Waals surface area contributed by atoms with Gasteiger partial charge < -0.3 is 10.1 Å². The molecule has 0 amide bonds. The summed E-state index contributed by atoms with van der Waals surface area (Å²) in [5, 5.41) is 3.36. The number of ether oxygens (including phenoxy) is 1. The van der Waals surface area contributed by atoms with Gasteiger partial charge in [0.25, 0.3) is 0 Å². The molecule has 0 bridgehead atoms. The topological polar surface area (TPSA) is 24.5 Å². The number of rotatable bonds is 5. The van der Waals surface area contributed by atoms with Gasteiger partial charge in [0, 0.05) is 43.9 Å². The smallest absolute Gasteiger partial charge is 0.126 e. The lowest BCUT2D eigenvalue weighted by atomic mass is 9.97. The molecule has 110 valence electrons. The van der Waals surface area contributed by atoms with Crippen molar-refractivity contribution in [1.82, 2.24) is 10.2 Å². The summed E-state index contributed by atoms with van der Waals surface area (Å²) < 4.78 is 18.7. The molecule has 1 aliphatic heterocycles. The Labute approximate surface area is 120 Å². The Bertz CT molecular complexity index is 470. The Morgan fingerprint density at radius 2 is 2.15 bits per heavy atom. The number of nitrogens with one attached hydrogen (secondary N) is 1. The third-order valence-corrected chi connectivity index (χ3v) is 3.69. The molecule has 0 aliphatic carbocycles. The molecule has 1 fully saturated rings.